The number of hydrogen-bond acceptors (Lipinski definition) is 3. The van der Waals surface area contributed by atoms with Crippen LogP contribution in [0, 0.1) is 6.92 Å². The normalized spacial score (nSPS) is 9.93. The van der Waals surface area contributed by atoms with Gasteiger partial charge in [-0.25, -0.2) is 4.79 Å². The van der Waals surface area contributed by atoms with Crippen LogP contribution >= 0.6 is 15.9 Å². The van der Waals surface area contributed by atoms with Gasteiger partial charge in [0.15, 0.2) is 5.75 Å². The summed E-state index contributed by atoms with van der Waals surface area (Å²) in [6.45, 7) is 1.65. The second kappa shape index (κ2) is 3.88. The number of nitrogen functional groups attached to an aromatic ring is 1. The SMILES string of the molecule is COc1c(Br)cc(C(=O)O)c(C)c1N. The van der Waals surface area contributed by atoms with Crippen molar-refractivity contribution in [3.63, 3.8) is 0 Å². The molecule has 0 fully saturated rings. The van der Waals surface area contributed by atoms with Crippen molar-refractivity contribution >= 4 is 27.6 Å². The maximum absolute atomic E-state index is 10.8. The van der Waals surface area contributed by atoms with Crippen LogP contribution in [0.1, 0.15) is 15.9 Å². The molecule has 0 heterocycles. The topological polar surface area (TPSA) is 72.5 Å². The molecule has 0 spiro atoms. The number of rotatable bonds is 2. The Morgan fingerprint density at radius 3 is 2.64 bits per heavy atom. The van der Waals surface area contributed by atoms with Gasteiger partial charge in [0, 0.05) is 0 Å². The van der Waals surface area contributed by atoms with Crippen LogP contribution in [0.4, 0.5) is 5.69 Å². The van der Waals surface area contributed by atoms with E-state index < -0.39 is 5.97 Å². The molecule has 0 aliphatic rings. The zero-order valence-electron chi connectivity index (χ0n) is 7.80. The molecular weight excluding hydrogens is 250 g/mol. The van der Waals surface area contributed by atoms with E-state index in [4.69, 9.17) is 15.6 Å². The molecule has 0 saturated carbocycles. The molecule has 76 valence electrons. The van der Waals surface area contributed by atoms with Gasteiger partial charge in [-0.1, -0.05) is 0 Å². The highest BCUT2D eigenvalue weighted by Gasteiger charge is 2.16. The molecule has 0 atom stereocenters. The van der Waals surface area contributed by atoms with Crippen LogP contribution in [-0.4, -0.2) is 18.2 Å². The number of nitrogens with two attached hydrogens (primary N) is 1. The molecule has 0 aliphatic carbocycles. The van der Waals surface area contributed by atoms with Crippen molar-refractivity contribution in [1.82, 2.24) is 0 Å². The highest BCUT2D eigenvalue weighted by molar-refractivity contribution is 9.10. The molecule has 0 bridgehead atoms. The van der Waals surface area contributed by atoms with Crippen molar-refractivity contribution in [1.29, 1.82) is 0 Å². The van der Waals surface area contributed by atoms with Crippen LogP contribution in [0.15, 0.2) is 10.5 Å². The number of hydrogen-bond donors (Lipinski definition) is 2. The molecule has 14 heavy (non-hydrogen) atoms. The van der Waals surface area contributed by atoms with Crippen LogP contribution in [0.2, 0.25) is 0 Å². The minimum absolute atomic E-state index is 0.176. The van der Waals surface area contributed by atoms with E-state index in [0.29, 0.717) is 21.5 Å². The standard InChI is InChI=1S/C9H10BrNO3/c1-4-5(9(12)13)3-6(10)8(14-2)7(4)11/h3H,11H2,1-2H3,(H,12,13). The fraction of sp³-hybridized carbons (Fsp3) is 0.222. The predicted molar refractivity (Wildman–Crippen MR) is 56.8 cm³/mol. The number of methoxy groups -OCH3 is 1. The molecule has 0 aliphatic heterocycles. The summed E-state index contributed by atoms with van der Waals surface area (Å²) in [5.41, 5.74) is 6.75. The Morgan fingerprint density at radius 2 is 2.21 bits per heavy atom. The van der Waals surface area contributed by atoms with Gasteiger partial charge in [0.2, 0.25) is 0 Å². The third-order valence-corrected chi connectivity index (χ3v) is 2.56. The Bertz CT molecular complexity index is 390. The highest BCUT2D eigenvalue weighted by Crippen LogP contribution is 2.35. The summed E-state index contributed by atoms with van der Waals surface area (Å²) < 4.78 is 5.57. The lowest BCUT2D eigenvalue weighted by molar-refractivity contribution is 0.0696. The van der Waals surface area contributed by atoms with Gasteiger partial charge in [-0.2, -0.15) is 0 Å². The summed E-state index contributed by atoms with van der Waals surface area (Å²) in [5.74, 6) is -0.537. The number of carboxylic acid groups (broad SMARTS) is 1. The second-order valence-electron chi connectivity index (χ2n) is 2.78. The lowest BCUT2D eigenvalue weighted by atomic mass is 10.1. The summed E-state index contributed by atoms with van der Waals surface area (Å²) in [6, 6.07) is 1.48. The molecule has 1 aromatic rings. The Hall–Kier alpha value is -1.23. The fourth-order valence-electron chi connectivity index (χ4n) is 1.17. The number of anilines is 1. The molecule has 1 aromatic carbocycles. The molecule has 5 heteroatoms. The van der Waals surface area contributed by atoms with Crippen molar-refractivity contribution in [2.75, 3.05) is 12.8 Å². The van der Waals surface area contributed by atoms with Crippen molar-refractivity contribution in [3.05, 3.63) is 21.7 Å². The maximum Gasteiger partial charge on any atom is 0.336 e. The largest absolute Gasteiger partial charge is 0.493 e. The van der Waals surface area contributed by atoms with Crippen molar-refractivity contribution < 1.29 is 14.6 Å². The number of ether oxygens (including phenoxy) is 1. The summed E-state index contributed by atoms with van der Waals surface area (Å²) >= 11 is 3.19. The van der Waals surface area contributed by atoms with Gasteiger partial charge < -0.3 is 15.6 Å². The predicted octanol–water partition coefficient (Wildman–Crippen LogP) is 2.05. The van der Waals surface area contributed by atoms with E-state index in [1.807, 2.05) is 0 Å². The lowest BCUT2D eigenvalue weighted by Crippen LogP contribution is -2.05. The first kappa shape index (κ1) is 10.8. The van der Waals surface area contributed by atoms with Gasteiger partial charge in [0.25, 0.3) is 0 Å². The third kappa shape index (κ3) is 1.68. The van der Waals surface area contributed by atoms with E-state index in [1.54, 1.807) is 6.92 Å². The number of benzene rings is 1. The molecular formula is C9H10BrNO3. The second-order valence-corrected chi connectivity index (χ2v) is 3.64. The molecule has 1 rings (SSSR count). The molecule has 4 nitrogen and oxygen atoms in total. The fourth-order valence-corrected chi connectivity index (χ4v) is 1.78. The number of halogens is 1. The highest BCUT2D eigenvalue weighted by atomic mass is 79.9. The average Bonchev–Trinajstić information content (AvgIpc) is 2.12. The molecule has 3 N–H and O–H groups in total. The lowest BCUT2D eigenvalue weighted by Gasteiger charge is -2.11. The van der Waals surface area contributed by atoms with Crippen molar-refractivity contribution in [2.24, 2.45) is 0 Å². The van der Waals surface area contributed by atoms with Crippen LogP contribution in [0.5, 0.6) is 5.75 Å². The van der Waals surface area contributed by atoms with Gasteiger partial charge in [0.1, 0.15) is 0 Å². The van der Waals surface area contributed by atoms with E-state index in [1.165, 1.54) is 13.2 Å². The average molecular weight is 260 g/mol. The summed E-state index contributed by atoms with van der Waals surface area (Å²) in [4.78, 5) is 10.8. The first-order chi connectivity index (χ1) is 6.49. The smallest absolute Gasteiger partial charge is 0.336 e. The van der Waals surface area contributed by atoms with E-state index in [-0.39, 0.29) is 5.56 Å². The maximum atomic E-state index is 10.8. The zero-order chi connectivity index (χ0) is 10.9. The van der Waals surface area contributed by atoms with Gasteiger partial charge in [0.05, 0.1) is 22.8 Å². The first-order valence-electron chi connectivity index (χ1n) is 3.85. The van der Waals surface area contributed by atoms with Gasteiger partial charge >= 0.3 is 5.97 Å². The minimum atomic E-state index is -1.00. The van der Waals surface area contributed by atoms with Gasteiger partial charge in [-0.05, 0) is 34.5 Å². The van der Waals surface area contributed by atoms with E-state index in [0.717, 1.165) is 0 Å². The van der Waals surface area contributed by atoms with Crippen LogP contribution in [0.25, 0.3) is 0 Å². The van der Waals surface area contributed by atoms with E-state index >= 15 is 0 Å². The summed E-state index contributed by atoms with van der Waals surface area (Å²) in [5, 5.41) is 8.86. The zero-order valence-corrected chi connectivity index (χ0v) is 9.38. The van der Waals surface area contributed by atoms with Gasteiger partial charge in [-0.3, -0.25) is 0 Å². The van der Waals surface area contributed by atoms with Crippen molar-refractivity contribution in [3.8, 4) is 5.75 Å². The minimum Gasteiger partial charge on any atom is -0.493 e. The molecule has 0 aromatic heterocycles. The van der Waals surface area contributed by atoms with Crippen LogP contribution in [0.3, 0.4) is 0 Å². The van der Waals surface area contributed by atoms with Crippen molar-refractivity contribution in [2.45, 2.75) is 6.92 Å². The number of carboxylic acids is 1. The van der Waals surface area contributed by atoms with Gasteiger partial charge in [-0.15, -0.1) is 0 Å². The quantitative estimate of drug-likeness (QED) is 0.798. The summed E-state index contributed by atoms with van der Waals surface area (Å²) in [6.07, 6.45) is 0. The Labute approximate surface area is 89.8 Å². The van der Waals surface area contributed by atoms with Crippen LogP contribution in [-0.2, 0) is 0 Å². The first-order valence-corrected chi connectivity index (χ1v) is 4.64. The Balaban J connectivity index is 3.47. The molecule has 0 amide bonds. The number of carbonyl (C=O) groups is 1. The van der Waals surface area contributed by atoms with E-state index in [2.05, 4.69) is 15.9 Å². The van der Waals surface area contributed by atoms with E-state index in [9.17, 15) is 4.79 Å². The Kier molecular flexibility index (Phi) is 3.00. The van der Waals surface area contributed by atoms with Crippen LogP contribution < -0.4 is 10.5 Å². The number of aromatic carboxylic acids is 1. The third-order valence-electron chi connectivity index (χ3n) is 1.98. The monoisotopic (exact) mass is 259 g/mol. The Morgan fingerprint density at radius 1 is 1.64 bits per heavy atom. The molecule has 0 radical (unpaired) electrons. The molecule has 0 unspecified atom stereocenters. The summed E-state index contributed by atoms with van der Waals surface area (Å²) in [7, 11) is 1.48. The molecule has 0 saturated heterocycles.